The molecule has 1 fully saturated rings. The highest BCUT2D eigenvalue weighted by Gasteiger charge is 2.32. The van der Waals surface area contributed by atoms with Crippen molar-refractivity contribution in [1.82, 2.24) is 15.5 Å². The van der Waals surface area contributed by atoms with Crippen LogP contribution in [0.4, 0.5) is 0 Å². The molecular formula is C14H16BrN3O2. The zero-order chi connectivity index (χ0) is 13.9. The van der Waals surface area contributed by atoms with Crippen LogP contribution in [-0.2, 0) is 11.2 Å². The first-order chi connectivity index (χ1) is 9.76. The molecule has 0 amide bonds. The van der Waals surface area contributed by atoms with Gasteiger partial charge in [-0.2, -0.15) is 4.98 Å². The minimum atomic E-state index is 0.142. The van der Waals surface area contributed by atoms with Crippen molar-refractivity contribution in [2.75, 3.05) is 20.3 Å². The quantitative estimate of drug-likeness (QED) is 0.925. The van der Waals surface area contributed by atoms with Gasteiger partial charge in [-0.15, -0.1) is 0 Å². The van der Waals surface area contributed by atoms with Crippen LogP contribution in [0.5, 0.6) is 0 Å². The molecular weight excluding hydrogens is 322 g/mol. The summed E-state index contributed by atoms with van der Waals surface area (Å²) >= 11 is 3.46. The molecule has 1 aliphatic heterocycles. The standard InChI is InChI=1S/C14H16BrN3O2/c1-16-12-8-19-7-11(12)14-17-13(18-20-14)6-9-3-2-4-10(15)5-9/h2-5,11-12,16H,6-8H2,1H3. The highest BCUT2D eigenvalue weighted by atomic mass is 79.9. The van der Waals surface area contributed by atoms with Crippen molar-refractivity contribution >= 4 is 15.9 Å². The highest BCUT2D eigenvalue weighted by molar-refractivity contribution is 9.10. The molecule has 2 heterocycles. The first-order valence-corrected chi connectivity index (χ1v) is 7.37. The lowest BCUT2D eigenvalue weighted by atomic mass is 10.0. The van der Waals surface area contributed by atoms with E-state index < -0.39 is 0 Å². The van der Waals surface area contributed by atoms with Crippen LogP contribution in [0.2, 0.25) is 0 Å². The summed E-state index contributed by atoms with van der Waals surface area (Å²) in [5.74, 6) is 1.51. The van der Waals surface area contributed by atoms with Crippen molar-refractivity contribution in [2.24, 2.45) is 0 Å². The monoisotopic (exact) mass is 337 g/mol. The second-order valence-corrected chi connectivity index (χ2v) is 5.81. The summed E-state index contributed by atoms with van der Waals surface area (Å²) in [6.45, 7) is 1.31. The molecule has 0 spiro atoms. The first-order valence-electron chi connectivity index (χ1n) is 6.58. The van der Waals surface area contributed by atoms with Gasteiger partial charge in [-0.25, -0.2) is 0 Å². The van der Waals surface area contributed by atoms with Crippen LogP contribution in [0.25, 0.3) is 0 Å². The summed E-state index contributed by atoms with van der Waals surface area (Å²) in [7, 11) is 1.92. The van der Waals surface area contributed by atoms with Gasteiger partial charge in [-0.1, -0.05) is 33.2 Å². The van der Waals surface area contributed by atoms with Crippen molar-refractivity contribution in [3.05, 3.63) is 46.0 Å². The zero-order valence-electron chi connectivity index (χ0n) is 11.2. The lowest BCUT2D eigenvalue weighted by molar-refractivity contribution is 0.185. The van der Waals surface area contributed by atoms with E-state index in [0.29, 0.717) is 31.3 Å². The Balaban J connectivity index is 1.73. The Hall–Kier alpha value is -1.24. The molecule has 0 radical (unpaired) electrons. The van der Waals surface area contributed by atoms with Crippen LogP contribution in [0, 0.1) is 0 Å². The summed E-state index contributed by atoms with van der Waals surface area (Å²) in [6.07, 6.45) is 0.667. The SMILES string of the molecule is CNC1COCC1c1nc(Cc2cccc(Br)c2)no1. The maximum Gasteiger partial charge on any atom is 0.233 e. The molecule has 2 unspecified atom stereocenters. The lowest BCUT2D eigenvalue weighted by Gasteiger charge is -2.11. The fraction of sp³-hybridized carbons (Fsp3) is 0.429. The van der Waals surface area contributed by atoms with Crippen LogP contribution in [0.15, 0.2) is 33.3 Å². The first kappa shape index (κ1) is 13.7. The topological polar surface area (TPSA) is 60.2 Å². The predicted octanol–water partition coefficient (Wildman–Crippen LogP) is 2.12. The summed E-state index contributed by atoms with van der Waals surface area (Å²) in [4.78, 5) is 4.50. The van der Waals surface area contributed by atoms with Gasteiger partial charge in [-0.3, -0.25) is 0 Å². The molecule has 2 atom stereocenters. The molecule has 1 N–H and O–H groups in total. The number of halogens is 1. The second kappa shape index (κ2) is 6.03. The van der Waals surface area contributed by atoms with Crippen molar-refractivity contribution in [2.45, 2.75) is 18.4 Å². The molecule has 2 aromatic rings. The van der Waals surface area contributed by atoms with Crippen LogP contribution < -0.4 is 5.32 Å². The van der Waals surface area contributed by atoms with E-state index >= 15 is 0 Å². The third-order valence-electron chi connectivity index (χ3n) is 3.50. The summed E-state index contributed by atoms with van der Waals surface area (Å²) < 4.78 is 11.9. The summed E-state index contributed by atoms with van der Waals surface area (Å²) in [5, 5.41) is 7.29. The lowest BCUT2D eigenvalue weighted by Crippen LogP contribution is -2.31. The van der Waals surface area contributed by atoms with E-state index in [0.717, 1.165) is 10.0 Å². The van der Waals surface area contributed by atoms with Gasteiger partial charge >= 0.3 is 0 Å². The van der Waals surface area contributed by atoms with Gasteiger partial charge in [-0.05, 0) is 24.7 Å². The molecule has 0 saturated carbocycles. The molecule has 6 heteroatoms. The minimum absolute atomic E-state index is 0.142. The smallest absolute Gasteiger partial charge is 0.233 e. The van der Waals surface area contributed by atoms with E-state index in [1.807, 2.05) is 19.2 Å². The maximum atomic E-state index is 5.46. The van der Waals surface area contributed by atoms with Gasteiger partial charge in [0, 0.05) is 16.9 Å². The van der Waals surface area contributed by atoms with Gasteiger partial charge in [0.25, 0.3) is 0 Å². The average molecular weight is 338 g/mol. The highest BCUT2D eigenvalue weighted by Crippen LogP contribution is 2.24. The van der Waals surface area contributed by atoms with Crippen LogP contribution in [0.3, 0.4) is 0 Å². The predicted molar refractivity (Wildman–Crippen MR) is 77.7 cm³/mol. The largest absolute Gasteiger partial charge is 0.379 e. The number of likely N-dealkylation sites (N-methyl/N-ethyl adjacent to an activating group) is 1. The number of benzene rings is 1. The molecule has 20 heavy (non-hydrogen) atoms. The van der Waals surface area contributed by atoms with Gasteiger partial charge in [0.2, 0.25) is 5.89 Å². The number of hydrogen-bond acceptors (Lipinski definition) is 5. The molecule has 1 aromatic heterocycles. The Morgan fingerprint density at radius 3 is 3.10 bits per heavy atom. The van der Waals surface area contributed by atoms with Crippen LogP contribution in [-0.4, -0.2) is 36.4 Å². The number of hydrogen-bond donors (Lipinski definition) is 1. The molecule has 1 aliphatic rings. The Morgan fingerprint density at radius 1 is 1.40 bits per heavy atom. The normalized spacial score (nSPS) is 22.3. The molecule has 5 nitrogen and oxygen atoms in total. The fourth-order valence-corrected chi connectivity index (χ4v) is 2.85. The number of ether oxygens (including phenoxy) is 1. The van der Waals surface area contributed by atoms with E-state index in [-0.39, 0.29) is 12.0 Å². The van der Waals surface area contributed by atoms with Crippen molar-refractivity contribution in [1.29, 1.82) is 0 Å². The molecule has 3 rings (SSSR count). The van der Waals surface area contributed by atoms with Gasteiger partial charge in [0.05, 0.1) is 19.1 Å². The molecule has 0 aliphatic carbocycles. The fourth-order valence-electron chi connectivity index (χ4n) is 2.40. The number of nitrogens with one attached hydrogen (secondary N) is 1. The van der Waals surface area contributed by atoms with Gasteiger partial charge in [0.15, 0.2) is 5.82 Å². The molecule has 1 aromatic carbocycles. The average Bonchev–Trinajstić information content (AvgIpc) is 3.06. The summed E-state index contributed by atoms with van der Waals surface area (Å²) in [6, 6.07) is 8.36. The Bertz CT molecular complexity index is 587. The maximum absolute atomic E-state index is 5.46. The molecule has 0 bridgehead atoms. The van der Waals surface area contributed by atoms with E-state index in [1.54, 1.807) is 0 Å². The zero-order valence-corrected chi connectivity index (χ0v) is 12.8. The van der Waals surface area contributed by atoms with E-state index in [4.69, 9.17) is 9.26 Å². The van der Waals surface area contributed by atoms with Crippen molar-refractivity contribution < 1.29 is 9.26 Å². The van der Waals surface area contributed by atoms with E-state index in [1.165, 1.54) is 0 Å². The van der Waals surface area contributed by atoms with Gasteiger partial charge in [0.1, 0.15) is 0 Å². The molecule has 106 valence electrons. The number of nitrogens with zero attached hydrogens (tertiary/aromatic N) is 2. The second-order valence-electron chi connectivity index (χ2n) is 4.89. The molecule has 1 saturated heterocycles. The van der Waals surface area contributed by atoms with Crippen molar-refractivity contribution in [3.8, 4) is 0 Å². The third-order valence-corrected chi connectivity index (χ3v) is 4.00. The Kier molecular flexibility index (Phi) is 4.14. The van der Waals surface area contributed by atoms with E-state index in [2.05, 4.69) is 43.5 Å². The number of rotatable bonds is 4. The third kappa shape index (κ3) is 2.92. The summed E-state index contributed by atoms with van der Waals surface area (Å²) in [5.41, 5.74) is 1.15. The number of aromatic nitrogens is 2. The van der Waals surface area contributed by atoms with Crippen molar-refractivity contribution in [3.63, 3.8) is 0 Å². The Morgan fingerprint density at radius 2 is 2.30 bits per heavy atom. The van der Waals surface area contributed by atoms with E-state index in [9.17, 15) is 0 Å². The Labute approximate surface area is 125 Å². The van der Waals surface area contributed by atoms with Gasteiger partial charge < -0.3 is 14.6 Å². The van der Waals surface area contributed by atoms with Crippen LogP contribution in [0.1, 0.15) is 23.2 Å². The van der Waals surface area contributed by atoms with Crippen LogP contribution >= 0.6 is 15.9 Å². The minimum Gasteiger partial charge on any atom is -0.379 e.